The Labute approximate surface area is 307 Å². The molecule has 5 heteroatoms. The number of benzene rings is 7. The van der Waals surface area contributed by atoms with Gasteiger partial charge in [-0.05, 0) is 76.9 Å². The maximum Gasteiger partial charge on any atom is 0.160 e. The van der Waals surface area contributed by atoms with Crippen LogP contribution in [0.4, 0.5) is 0 Å². The molecule has 3 heterocycles. The van der Waals surface area contributed by atoms with E-state index in [0.29, 0.717) is 0 Å². The summed E-state index contributed by atoms with van der Waals surface area (Å²) < 4.78 is 5.78. The topological polar surface area (TPSA) is 30.7 Å². The van der Waals surface area contributed by atoms with E-state index in [4.69, 9.17) is 9.97 Å². The zero-order valence-electron chi connectivity index (χ0n) is 27.3. The molecule has 0 aliphatic rings. The highest BCUT2D eigenvalue weighted by atomic mass is 79.9. The largest absolute Gasteiger partial charge is 0.309 e. The summed E-state index contributed by atoms with van der Waals surface area (Å²) in [5.74, 6) is 0.725. The molecule has 10 aromatic rings. The molecule has 0 radical (unpaired) electrons. The van der Waals surface area contributed by atoms with Crippen LogP contribution in [0.15, 0.2) is 174 Å². The van der Waals surface area contributed by atoms with E-state index < -0.39 is 0 Å². The molecule has 0 amide bonds. The number of rotatable bonds is 5. The van der Waals surface area contributed by atoms with Gasteiger partial charge in [-0.15, -0.1) is 11.3 Å². The third-order valence-electron chi connectivity index (χ3n) is 9.68. The lowest BCUT2D eigenvalue weighted by Gasteiger charge is -2.10. The first kappa shape index (κ1) is 30.0. The van der Waals surface area contributed by atoms with Crippen molar-refractivity contribution >= 4 is 69.4 Å². The van der Waals surface area contributed by atoms with Gasteiger partial charge in [0.05, 0.1) is 26.9 Å². The van der Waals surface area contributed by atoms with Crippen molar-refractivity contribution in [1.29, 1.82) is 0 Å². The highest BCUT2D eigenvalue weighted by Gasteiger charge is 2.19. The predicted octanol–water partition coefficient (Wildman–Crippen LogP) is 13.4. The van der Waals surface area contributed by atoms with Crippen molar-refractivity contribution in [2.75, 3.05) is 0 Å². The zero-order valence-corrected chi connectivity index (χ0v) is 29.7. The molecule has 0 saturated heterocycles. The first-order chi connectivity index (χ1) is 25.2. The smallest absolute Gasteiger partial charge is 0.160 e. The molecule has 0 saturated carbocycles. The maximum absolute atomic E-state index is 5.27. The van der Waals surface area contributed by atoms with Gasteiger partial charge in [0.25, 0.3) is 0 Å². The molecule has 3 nitrogen and oxygen atoms in total. The van der Waals surface area contributed by atoms with Gasteiger partial charge in [-0.1, -0.05) is 131 Å². The van der Waals surface area contributed by atoms with Gasteiger partial charge < -0.3 is 4.57 Å². The van der Waals surface area contributed by atoms with Crippen molar-refractivity contribution in [3.8, 4) is 50.6 Å². The normalized spacial score (nSPS) is 11.6. The Morgan fingerprint density at radius 1 is 0.490 bits per heavy atom. The van der Waals surface area contributed by atoms with Crippen molar-refractivity contribution in [2.24, 2.45) is 0 Å². The molecule has 0 aliphatic carbocycles. The highest BCUT2D eigenvalue weighted by Crippen LogP contribution is 2.42. The molecular formula is C46H28BrN3S. The van der Waals surface area contributed by atoms with Crippen molar-refractivity contribution in [3.63, 3.8) is 0 Å². The van der Waals surface area contributed by atoms with E-state index in [-0.39, 0.29) is 0 Å². The Morgan fingerprint density at radius 3 is 2.04 bits per heavy atom. The third kappa shape index (κ3) is 5.08. The Bertz CT molecular complexity index is 2910. The molecule has 0 atom stereocenters. The van der Waals surface area contributed by atoms with E-state index in [1.54, 1.807) is 11.3 Å². The summed E-state index contributed by atoms with van der Waals surface area (Å²) in [5.41, 5.74) is 12.2. The molecule has 0 bridgehead atoms. The van der Waals surface area contributed by atoms with Gasteiger partial charge in [0.1, 0.15) is 0 Å². The molecule has 0 unspecified atom stereocenters. The number of halogens is 1. The lowest BCUT2D eigenvalue weighted by molar-refractivity contribution is 1.18. The van der Waals surface area contributed by atoms with Crippen LogP contribution in [0.1, 0.15) is 0 Å². The summed E-state index contributed by atoms with van der Waals surface area (Å²) in [6.07, 6.45) is 0. The van der Waals surface area contributed by atoms with E-state index >= 15 is 0 Å². The number of nitrogens with zero attached hydrogens (tertiary/aromatic N) is 3. The lowest BCUT2D eigenvalue weighted by Crippen LogP contribution is -1.94. The van der Waals surface area contributed by atoms with Crippen LogP contribution < -0.4 is 0 Å². The number of hydrogen-bond acceptors (Lipinski definition) is 3. The average molecular weight is 735 g/mol. The van der Waals surface area contributed by atoms with Gasteiger partial charge in [-0.2, -0.15) is 0 Å². The number of para-hydroxylation sites is 1. The minimum Gasteiger partial charge on any atom is -0.309 e. The van der Waals surface area contributed by atoms with Gasteiger partial charge in [0.15, 0.2) is 5.82 Å². The molecule has 0 spiro atoms. The Balaban J connectivity index is 1.21. The first-order valence-electron chi connectivity index (χ1n) is 16.9. The molecular weight excluding hydrogens is 706 g/mol. The van der Waals surface area contributed by atoms with Gasteiger partial charge in [-0.25, -0.2) is 9.97 Å². The first-order valence-corrected chi connectivity index (χ1v) is 18.5. The van der Waals surface area contributed by atoms with Crippen molar-refractivity contribution in [1.82, 2.24) is 14.5 Å². The van der Waals surface area contributed by atoms with E-state index in [0.717, 1.165) is 54.0 Å². The van der Waals surface area contributed by atoms with Crippen LogP contribution in [0.25, 0.3) is 92.7 Å². The van der Waals surface area contributed by atoms with Crippen LogP contribution in [0.2, 0.25) is 0 Å². The Hall–Kier alpha value is -5.88. The number of hydrogen-bond donors (Lipinski definition) is 0. The van der Waals surface area contributed by atoms with Crippen LogP contribution in [-0.2, 0) is 0 Å². The van der Waals surface area contributed by atoms with Crippen LogP contribution in [-0.4, -0.2) is 14.5 Å². The van der Waals surface area contributed by atoms with E-state index in [9.17, 15) is 0 Å². The fourth-order valence-electron chi connectivity index (χ4n) is 7.33. The summed E-state index contributed by atoms with van der Waals surface area (Å²) in [6.45, 7) is 0. The van der Waals surface area contributed by atoms with E-state index in [2.05, 4.69) is 190 Å². The molecule has 240 valence electrons. The number of aromatic nitrogens is 3. The third-order valence-corrected chi connectivity index (χ3v) is 11.4. The fourth-order valence-corrected chi connectivity index (χ4v) is 8.74. The SMILES string of the molecule is Brc1ccc(-c2ccc3c(c2)c2c(-c4cccc(-c5nc(-c6ccccc6)c6sc7ccccc7c6n5)c4)cccc2n3-c2ccccc2)cc1. The zero-order chi connectivity index (χ0) is 33.9. The molecule has 3 aromatic heterocycles. The highest BCUT2D eigenvalue weighted by molar-refractivity contribution is 9.10. The van der Waals surface area contributed by atoms with Crippen LogP contribution in [0.5, 0.6) is 0 Å². The summed E-state index contributed by atoms with van der Waals surface area (Å²) in [7, 11) is 0. The second-order valence-electron chi connectivity index (χ2n) is 12.7. The van der Waals surface area contributed by atoms with E-state index in [1.807, 2.05) is 0 Å². The quantitative estimate of drug-likeness (QED) is 0.176. The summed E-state index contributed by atoms with van der Waals surface area (Å²) in [5, 5.41) is 3.59. The molecule has 0 fully saturated rings. The predicted molar refractivity (Wildman–Crippen MR) is 219 cm³/mol. The van der Waals surface area contributed by atoms with Crippen LogP contribution in [0.3, 0.4) is 0 Å². The Kier molecular flexibility index (Phi) is 7.15. The number of thiophene rings is 1. The minimum atomic E-state index is 0.725. The second kappa shape index (κ2) is 12.2. The van der Waals surface area contributed by atoms with Gasteiger partial charge in [0.2, 0.25) is 0 Å². The minimum absolute atomic E-state index is 0.725. The molecule has 51 heavy (non-hydrogen) atoms. The number of fused-ring (bicyclic) bond motifs is 6. The van der Waals surface area contributed by atoms with Crippen molar-refractivity contribution in [2.45, 2.75) is 0 Å². The summed E-state index contributed by atoms with van der Waals surface area (Å²) in [4.78, 5) is 10.5. The standard InChI is InChI=1S/C46H28BrN3S/c47-34-24-21-29(22-25-34)31-23-26-39-38(28-31)42-36(18-10-19-40(42)50(39)35-15-5-2-6-16-35)32-13-9-14-33(27-32)46-48-43(30-11-3-1-4-12-30)45-44(49-46)37-17-7-8-20-41(37)51-45/h1-28H. The van der Waals surface area contributed by atoms with Gasteiger partial charge in [0, 0.05) is 42.1 Å². The van der Waals surface area contributed by atoms with E-state index in [1.165, 1.54) is 43.2 Å². The monoisotopic (exact) mass is 733 g/mol. The van der Waals surface area contributed by atoms with Crippen molar-refractivity contribution < 1.29 is 0 Å². The van der Waals surface area contributed by atoms with Crippen LogP contribution >= 0.6 is 27.3 Å². The molecule has 7 aromatic carbocycles. The van der Waals surface area contributed by atoms with Gasteiger partial charge in [-0.3, -0.25) is 0 Å². The lowest BCUT2D eigenvalue weighted by atomic mass is 9.96. The summed E-state index contributed by atoms with van der Waals surface area (Å²) >= 11 is 5.36. The fraction of sp³-hybridized carbons (Fsp3) is 0. The molecule has 10 rings (SSSR count). The average Bonchev–Trinajstić information content (AvgIpc) is 3.74. The van der Waals surface area contributed by atoms with Crippen molar-refractivity contribution in [3.05, 3.63) is 174 Å². The molecule has 0 aliphatic heterocycles. The Morgan fingerprint density at radius 2 is 1.20 bits per heavy atom. The van der Waals surface area contributed by atoms with Crippen LogP contribution in [0, 0.1) is 0 Å². The summed E-state index contributed by atoms with van der Waals surface area (Å²) in [6, 6.07) is 60.4. The second-order valence-corrected chi connectivity index (χ2v) is 14.7. The molecule has 0 N–H and O–H groups in total. The van der Waals surface area contributed by atoms with Gasteiger partial charge >= 0.3 is 0 Å². The maximum atomic E-state index is 5.27.